The van der Waals surface area contributed by atoms with E-state index in [0.717, 1.165) is 7.11 Å². The van der Waals surface area contributed by atoms with Crippen LogP contribution in [0.25, 0.3) is 0 Å². The second-order valence-electron chi connectivity index (χ2n) is 2.53. The Labute approximate surface area is 74.0 Å². The number of ether oxygens (including phenoxy) is 1. The van der Waals surface area contributed by atoms with Gasteiger partial charge in [-0.15, -0.1) is 0 Å². The van der Waals surface area contributed by atoms with E-state index in [1.165, 1.54) is 6.07 Å². The monoisotopic (exact) mass is 183 g/mol. The highest BCUT2D eigenvalue weighted by Gasteiger charge is 2.16. The van der Waals surface area contributed by atoms with Gasteiger partial charge in [0, 0.05) is 11.8 Å². The predicted molar refractivity (Wildman–Crippen MR) is 44.8 cm³/mol. The van der Waals surface area contributed by atoms with Crippen LogP contribution >= 0.6 is 0 Å². The van der Waals surface area contributed by atoms with Crippen LogP contribution < -0.4 is 5.56 Å². The molecule has 0 aliphatic carbocycles. The minimum absolute atomic E-state index is 0.367. The Bertz CT molecular complexity index is 394. The van der Waals surface area contributed by atoms with Crippen molar-refractivity contribution in [1.82, 2.24) is 4.98 Å². The zero-order valence-corrected chi connectivity index (χ0v) is 7.25. The fourth-order valence-electron chi connectivity index (χ4n) is 0.971. The molecular weight excluding hydrogens is 174 g/mol. The van der Waals surface area contributed by atoms with Crippen molar-refractivity contribution in [2.24, 2.45) is 0 Å². The molecule has 0 unspecified atom stereocenters. The first-order valence-electron chi connectivity index (χ1n) is 3.57. The number of aromatic amines is 1. The van der Waals surface area contributed by atoms with Gasteiger partial charge >= 0.3 is 5.97 Å². The maximum absolute atomic E-state index is 11.1. The van der Waals surface area contributed by atoms with Crippen molar-refractivity contribution >= 4 is 5.97 Å². The number of aromatic hydroxyl groups is 1. The van der Waals surface area contributed by atoms with Crippen molar-refractivity contribution in [3.8, 4) is 5.75 Å². The molecule has 5 nitrogen and oxygen atoms in total. The van der Waals surface area contributed by atoms with Crippen LogP contribution in [-0.4, -0.2) is 23.2 Å². The van der Waals surface area contributed by atoms with Gasteiger partial charge in [0.25, 0.3) is 5.56 Å². The van der Waals surface area contributed by atoms with E-state index < -0.39 is 11.5 Å². The Morgan fingerprint density at radius 1 is 1.62 bits per heavy atom. The van der Waals surface area contributed by atoms with Gasteiger partial charge in [-0.25, -0.2) is 4.79 Å². The Morgan fingerprint density at radius 3 is 2.69 bits per heavy atom. The van der Waals surface area contributed by atoms with Gasteiger partial charge in [-0.05, 0) is 6.92 Å². The normalized spacial score (nSPS) is 9.69. The van der Waals surface area contributed by atoms with Crippen molar-refractivity contribution in [3.05, 3.63) is 27.7 Å². The van der Waals surface area contributed by atoms with Crippen LogP contribution in [0, 0.1) is 6.92 Å². The molecule has 0 radical (unpaired) electrons. The lowest BCUT2D eigenvalue weighted by Gasteiger charge is -2.01. The van der Waals surface area contributed by atoms with Crippen LogP contribution in [-0.2, 0) is 4.74 Å². The summed E-state index contributed by atoms with van der Waals surface area (Å²) < 4.78 is 4.32. The van der Waals surface area contributed by atoms with E-state index in [9.17, 15) is 14.7 Å². The van der Waals surface area contributed by atoms with Crippen LogP contribution in [0.4, 0.5) is 0 Å². The van der Waals surface area contributed by atoms with Crippen molar-refractivity contribution in [1.29, 1.82) is 0 Å². The lowest BCUT2D eigenvalue weighted by molar-refractivity contribution is 0.0595. The number of carbonyl (C=O) groups is 1. The summed E-state index contributed by atoms with van der Waals surface area (Å²) >= 11 is 0. The summed E-state index contributed by atoms with van der Waals surface area (Å²) in [6.07, 6.45) is 0. The van der Waals surface area contributed by atoms with E-state index in [4.69, 9.17) is 0 Å². The third-order valence-electron chi connectivity index (χ3n) is 1.54. The number of pyridine rings is 1. The average Bonchev–Trinajstić information content (AvgIpc) is 2.02. The number of aromatic nitrogens is 1. The van der Waals surface area contributed by atoms with Crippen molar-refractivity contribution in [2.45, 2.75) is 6.92 Å². The number of methoxy groups -OCH3 is 1. The molecule has 0 spiro atoms. The summed E-state index contributed by atoms with van der Waals surface area (Å²) in [6, 6.07) is 1.29. The highest BCUT2D eigenvalue weighted by molar-refractivity contribution is 5.91. The average molecular weight is 183 g/mol. The summed E-state index contributed by atoms with van der Waals surface area (Å²) in [5, 5.41) is 9.25. The number of H-pyrrole nitrogens is 1. The van der Waals surface area contributed by atoms with Crippen molar-refractivity contribution in [2.75, 3.05) is 7.11 Å². The molecule has 0 saturated heterocycles. The Kier molecular flexibility index (Phi) is 2.36. The molecule has 0 atom stereocenters. The van der Waals surface area contributed by atoms with Crippen LogP contribution in [0.5, 0.6) is 5.75 Å². The SMILES string of the molecule is COC(=O)c1c(O)cc(C)[nH]c1=O. The molecule has 1 rings (SSSR count). The standard InChI is InChI=1S/C8H9NO4/c1-4-3-5(10)6(7(11)9-4)8(12)13-2/h3H,1-2H3,(H2,9,10,11). The topological polar surface area (TPSA) is 79.4 Å². The van der Waals surface area contributed by atoms with E-state index in [1.807, 2.05) is 0 Å². The number of hydrogen-bond donors (Lipinski definition) is 2. The van der Waals surface area contributed by atoms with Crippen molar-refractivity contribution < 1.29 is 14.6 Å². The van der Waals surface area contributed by atoms with Crippen molar-refractivity contribution in [3.63, 3.8) is 0 Å². The summed E-state index contributed by atoms with van der Waals surface area (Å²) in [6.45, 7) is 1.60. The van der Waals surface area contributed by atoms with Crippen LogP contribution in [0.1, 0.15) is 16.1 Å². The molecule has 1 heterocycles. The van der Waals surface area contributed by atoms with Crippen LogP contribution in [0.15, 0.2) is 10.9 Å². The first kappa shape index (κ1) is 9.31. The molecule has 70 valence electrons. The van der Waals surface area contributed by atoms with E-state index >= 15 is 0 Å². The maximum atomic E-state index is 11.1. The first-order chi connectivity index (χ1) is 6.06. The highest BCUT2D eigenvalue weighted by Crippen LogP contribution is 2.13. The molecule has 0 aliphatic heterocycles. The summed E-state index contributed by atoms with van der Waals surface area (Å²) in [4.78, 5) is 24.5. The van der Waals surface area contributed by atoms with Gasteiger partial charge in [-0.1, -0.05) is 0 Å². The highest BCUT2D eigenvalue weighted by atomic mass is 16.5. The molecule has 0 bridgehead atoms. The van der Waals surface area contributed by atoms with Crippen LogP contribution in [0.2, 0.25) is 0 Å². The van der Waals surface area contributed by atoms with E-state index in [-0.39, 0.29) is 11.3 Å². The molecule has 0 aliphatic rings. The minimum atomic E-state index is -0.848. The van der Waals surface area contributed by atoms with Gasteiger partial charge in [0.2, 0.25) is 0 Å². The van der Waals surface area contributed by atoms with E-state index in [2.05, 4.69) is 9.72 Å². The van der Waals surface area contributed by atoms with Gasteiger partial charge in [0.05, 0.1) is 7.11 Å². The fourth-order valence-corrected chi connectivity index (χ4v) is 0.971. The number of esters is 1. The molecule has 5 heteroatoms. The number of nitrogens with one attached hydrogen (secondary N) is 1. The minimum Gasteiger partial charge on any atom is -0.507 e. The predicted octanol–water partition coefficient (Wildman–Crippen LogP) is 0.176. The summed E-state index contributed by atoms with van der Waals surface area (Å²) in [5.41, 5.74) is -0.535. The Balaban J connectivity index is 3.38. The number of carbonyl (C=O) groups excluding carboxylic acids is 1. The van der Waals surface area contributed by atoms with Gasteiger partial charge in [-0.2, -0.15) is 0 Å². The molecular formula is C8H9NO4. The smallest absolute Gasteiger partial charge is 0.347 e. The van der Waals surface area contributed by atoms with E-state index in [1.54, 1.807) is 6.92 Å². The summed E-state index contributed by atoms with van der Waals surface area (Å²) in [7, 11) is 1.14. The molecule has 0 aromatic carbocycles. The first-order valence-corrected chi connectivity index (χ1v) is 3.57. The van der Waals surface area contributed by atoms with Crippen LogP contribution in [0.3, 0.4) is 0 Å². The molecule has 2 N–H and O–H groups in total. The second kappa shape index (κ2) is 3.30. The third kappa shape index (κ3) is 1.69. The van der Waals surface area contributed by atoms with E-state index in [0.29, 0.717) is 5.69 Å². The van der Waals surface area contributed by atoms with Gasteiger partial charge < -0.3 is 14.8 Å². The quantitative estimate of drug-likeness (QED) is 0.608. The second-order valence-corrected chi connectivity index (χ2v) is 2.53. The largest absolute Gasteiger partial charge is 0.507 e. The van der Waals surface area contributed by atoms with Gasteiger partial charge in [0.1, 0.15) is 5.75 Å². The molecule has 13 heavy (non-hydrogen) atoms. The zero-order valence-electron chi connectivity index (χ0n) is 7.25. The fraction of sp³-hybridized carbons (Fsp3) is 0.250. The lowest BCUT2D eigenvalue weighted by Crippen LogP contribution is -2.19. The molecule has 1 aromatic rings. The van der Waals surface area contributed by atoms with Gasteiger partial charge in [0.15, 0.2) is 5.56 Å². The zero-order chi connectivity index (χ0) is 10.0. The van der Waals surface area contributed by atoms with Gasteiger partial charge in [-0.3, -0.25) is 4.79 Å². The number of aryl methyl sites for hydroxylation is 1. The molecule has 0 fully saturated rings. The number of rotatable bonds is 1. The molecule has 0 amide bonds. The third-order valence-corrected chi connectivity index (χ3v) is 1.54. The number of hydrogen-bond acceptors (Lipinski definition) is 4. The summed E-state index contributed by atoms with van der Waals surface area (Å²) in [5.74, 6) is -1.22. The Morgan fingerprint density at radius 2 is 2.23 bits per heavy atom. The Hall–Kier alpha value is -1.78. The molecule has 1 aromatic heterocycles. The molecule has 0 saturated carbocycles. The maximum Gasteiger partial charge on any atom is 0.347 e. The lowest BCUT2D eigenvalue weighted by atomic mass is 10.2.